The molecule has 2 rings (SSSR count). The van der Waals surface area contributed by atoms with Crippen LogP contribution in [0.15, 0.2) is 29.2 Å². The van der Waals surface area contributed by atoms with Gasteiger partial charge >= 0.3 is 0 Å². The highest BCUT2D eigenvalue weighted by atomic mass is 32.2. The van der Waals surface area contributed by atoms with Crippen LogP contribution in [0.3, 0.4) is 0 Å². The van der Waals surface area contributed by atoms with Crippen molar-refractivity contribution in [2.24, 2.45) is 0 Å². The first-order valence-electron chi connectivity index (χ1n) is 4.98. The number of benzene rings is 1. The third-order valence-corrected chi connectivity index (χ3v) is 3.96. The van der Waals surface area contributed by atoms with Gasteiger partial charge in [-0.1, -0.05) is 11.3 Å². The topological polar surface area (TPSA) is 84.0 Å². The molecule has 1 aromatic heterocycles. The van der Waals surface area contributed by atoms with Gasteiger partial charge in [-0.05, 0) is 31.2 Å². The quantitative estimate of drug-likeness (QED) is 0.815. The molecule has 0 fully saturated rings. The molecule has 0 aliphatic heterocycles. The Bertz CT molecular complexity index is 568. The van der Waals surface area contributed by atoms with Crippen LogP contribution in [0.2, 0.25) is 0 Å². The molecule has 1 aromatic carbocycles. The van der Waals surface area contributed by atoms with Crippen molar-refractivity contribution < 1.29 is 9.00 Å². The third-order valence-electron chi connectivity index (χ3n) is 2.00. The number of hydrogen-bond acceptors (Lipinski definition) is 5. The highest BCUT2D eigenvalue weighted by Crippen LogP contribution is 2.18. The smallest absolute Gasteiger partial charge is 0.217 e. The Kier molecular flexibility index (Phi) is 4.00. The molecule has 1 atom stereocenters. The summed E-state index contributed by atoms with van der Waals surface area (Å²) in [6.07, 6.45) is 0.592. The Labute approximate surface area is 110 Å². The van der Waals surface area contributed by atoms with Crippen molar-refractivity contribution in [2.75, 3.05) is 10.0 Å². The Morgan fingerprint density at radius 1 is 1.28 bits per heavy atom. The minimum absolute atomic E-state index is 0.515. The summed E-state index contributed by atoms with van der Waals surface area (Å²) in [6.45, 7) is 1.83. The summed E-state index contributed by atoms with van der Waals surface area (Å²) in [6, 6.07) is 6.69. The summed E-state index contributed by atoms with van der Waals surface area (Å²) >= 11 is 1.34. The van der Waals surface area contributed by atoms with Crippen LogP contribution in [0.1, 0.15) is 5.01 Å². The minimum atomic E-state index is -1.39. The Morgan fingerprint density at radius 2 is 2.00 bits per heavy atom. The van der Waals surface area contributed by atoms with Crippen molar-refractivity contribution >= 4 is 39.6 Å². The molecule has 0 bridgehead atoms. The summed E-state index contributed by atoms with van der Waals surface area (Å²) < 4.78 is 14.7. The van der Waals surface area contributed by atoms with Crippen molar-refractivity contribution in [3.05, 3.63) is 29.3 Å². The van der Waals surface area contributed by atoms with E-state index in [1.165, 1.54) is 11.3 Å². The molecule has 94 valence electrons. The first-order valence-corrected chi connectivity index (χ1v) is 6.94. The molecule has 2 N–H and O–H groups in total. The van der Waals surface area contributed by atoms with Gasteiger partial charge in [-0.15, -0.1) is 10.2 Å². The molecular formula is C10H10N4O2S2. The van der Waals surface area contributed by atoms with E-state index in [-0.39, 0.29) is 0 Å². The first kappa shape index (κ1) is 12.7. The van der Waals surface area contributed by atoms with Gasteiger partial charge in [0.05, 0.1) is 4.90 Å². The lowest BCUT2D eigenvalue weighted by molar-refractivity contribution is -0.105. The average molecular weight is 282 g/mol. The van der Waals surface area contributed by atoms with E-state index in [1.807, 2.05) is 6.92 Å². The maximum atomic E-state index is 11.9. The van der Waals surface area contributed by atoms with Crippen molar-refractivity contribution in [3.8, 4) is 0 Å². The number of nitrogens with one attached hydrogen (secondary N) is 2. The second-order valence-corrected chi connectivity index (χ2v) is 5.68. The standard InChI is InChI=1S/C10H10N4O2S2/c1-7-12-13-10(17-7)14-18(16)9-4-2-8(3-5-9)11-6-15/h2-6H,1H3,(H,11,15)(H,13,14). The number of nitrogens with zero attached hydrogens (tertiary/aromatic N) is 2. The zero-order valence-corrected chi connectivity index (χ0v) is 11.0. The summed E-state index contributed by atoms with van der Waals surface area (Å²) in [7, 11) is -1.39. The van der Waals surface area contributed by atoms with E-state index in [9.17, 15) is 9.00 Å². The molecule has 1 amide bonds. The normalized spacial score (nSPS) is 11.8. The fourth-order valence-electron chi connectivity index (χ4n) is 1.22. The minimum Gasteiger partial charge on any atom is -0.329 e. The van der Waals surface area contributed by atoms with Gasteiger partial charge in [0.15, 0.2) is 11.0 Å². The van der Waals surface area contributed by atoms with Crippen LogP contribution < -0.4 is 10.0 Å². The molecule has 0 radical (unpaired) electrons. The van der Waals surface area contributed by atoms with E-state index in [2.05, 4.69) is 20.2 Å². The first-order chi connectivity index (χ1) is 8.69. The largest absolute Gasteiger partial charge is 0.329 e. The van der Waals surface area contributed by atoms with Crippen LogP contribution in [0.4, 0.5) is 10.8 Å². The number of aromatic nitrogens is 2. The number of carbonyl (C=O) groups is 1. The van der Waals surface area contributed by atoms with Crippen molar-refractivity contribution in [3.63, 3.8) is 0 Å². The highest BCUT2D eigenvalue weighted by Gasteiger charge is 2.07. The number of carbonyl (C=O) groups excluding carboxylic acids is 1. The lowest BCUT2D eigenvalue weighted by Crippen LogP contribution is -2.04. The second kappa shape index (κ2) is 5.69. The van der Waals surface area contributed by atoms with Crippen LogP contribution in [0.25, 0.3) is 0 Å². The zero-order chi connectivity index (χ0) is 13.0. The van der Waals surface area contributed by atoms with Crippen LogP contribution >= 0.6 is 11.3 Å². The van der Waals surface area contributed by atoms with Gasteiger partial charge in [0.1, 0.15) is 5.01 Å². The molecule has 0 saturated heterocycles. The molecule has 18 heavy (non-hydrogen) atoms. The third kappa shape index (κ3) is 3.11. The molecule has 0 spiro atoms. The SMILES string of the molecule is Cc1nnc(NS(=O)c2ccc(NC=O)cc2)s1. The Morgan fingerprint density at radius 3 is 2.56 bits per heavy atom. The van der Waals surface area contributed by atoms with Gasteiger partial charge in [0.2, 0.25) is 11.5 Å². The van der Waals surface area contributed by atoms with Gasteiger partial charge in [-0.2, -0.15) is 0 Å². The number of rotatable bonds is 5. The molecule has 6 nitrogen and oxygen atoms in total. The maximum Gasteiger partial charge on any atom is 0.217 e. The summed E-state index contributed by atoms with van der Waals surface area (Å²) in [5, 5.41) is 11.5. The molecule has 2 aromatic rings. The highest BCUT2D eigenvalue weighted by molar-refractivity contribution is 7.86. The van der Waals surface area contributed by atoms with Crippen molar-refractivity contribution in [1.29, 1.82) is 0 Å². The van der Waals surface area contributed by atoms with E-state index in [0.29, 0.717) is 22.1 Å². The molecule has 8 heteroatoms. The van der Waals surface area contributed by atoms with Crippen LogP contribution in [0.5, 0.6) is 0 Å². The van der Waals surface area contributed by atoms with Gasteiger partial charge < -0.3 is 5.32 Å². The maximum absolute atomic E-state index is 11.9. The van der Waals surface area contributed by atoms with Gasteiger partial charge in [-0.3, -0.25) is 9.52 Å². The van der Waals surface area contributed by atoms with E-state index < -0.39 is 11.0 Å². The summed E-state index contributed by atoms with van der Waals surface area (Å²) in [5.41, 5.74) is 0.650. The molecule has 1 heterocycles. The predicted molar refractivity (Wildman–Crippen MR) is 70.8 cm³/mol. The Hall–Kier alpha value is -1.80. The molecule has 0 aliphatic rings. The Balaban J connectivity index is 2.06. The van der Waals surface area contributed by atoms with Crippen molar-refractivity contribution in [2.45, 2.75) is 11.8 Å². The molecule has 0 saturated carbocycles. The van der Waals surface area contributed by atoms with Crippen LogP contribution in [-0.4, -0.2) is 20.8 Å². The zero-order valence-electron chi connectivity index (χ0n) is 9.41. The number of aryl methyl sites for hydroxylation is 1. The predicted octanol–water partition coefficient (Wildman–Crippen LogP) is 1.55. The van der Waals surface area contributed by atoms with E-state index in [4.69, 9.17) is 0 Å². The van der Waals surface area contributed by atoms with E-state index in [0.717, 1.165) is 5.01 Å². The number of anilines is 2. The fraction of sp³-hybridized carbons (Fsp3) is 0.100. The number of amides is 1. The summed E-state index contributed by atoms with van der Waals surface area (Å²) in [5.74, 6) is 0. The van der Waals surface area contributed by atoms with Crippen LogP contribution in [-0.2, 0) is 15.8 Å². The molecular weight excluding hydrogens is 272 g/mol. The van der Waals surface area contributed by atoms with Gasteiger partial charge in [0.25, 0.3) is 0 Å². The fourth-order valence-corrected chi connectivity index (χ4v) is 2.76. The van der Waals surface area contributed by atoms with Gasteiger partial charge in [-0.25, -0.2) is 4.21 Å². The molecule has 1 unspecified atom stereocenters. The monoisotopic (exact) mass is 282 g/mol. The van der Waals surface area contributed by atoms with Crippen LogP contribution in [0, 0.1) is 6.92 Å². The van der Waals surface area contributed by atoms with Crippen molar-refractivity contribution in [1.82, 2.24) is 10.2 Å². The van der Waals surface area contributed by atoms with E-state index in [1.54, 1.807) is 24.3 Å². The van der Waals surface area contributed by atoms with E-state index >= 15 is 0 Å². The summed E-state index contributed by atoms with van der Waals surface area (Å²) in [4.78, 5) is 10.8. The number of hydrogen-bond donors (Lipinski definition) is 2. The molecule has 0 aliphatic carbocycles. The lowest BCUT2D eigenvalue weighted by atomic mass is 10.3. The lowest BCUT2D eigenvalue weighted by Gasteiger charge is -2.03. The average Bonchev–Trinajstić information content (AvgIpc) is 2.76. The second-order valence-electron chi connectivity index (χ2n) is 3.28. The van der Waals surface area contributed by atoms with Gasteiger partial charge in [0, 0.05) is 5.69 Å².